The number of nitrogens with two attached hydrogens (primary N) is 1. The first-order valence-electron chi connectivity index (χ1n) is 8.19. The van der Waals surface area contributed by atoms with Crippen LogP contribution in [0.1, 0.15) is 6.42 Å². The number of alkyl halides is 2. The van der Waals surface area contributed by atoms with Crippen LogP contribution in [0, 0.1) is 0 Å². The van der Waals surface area contributed by atoms with Gasteiger partial charge in [-0.15, -0.1) is 11.6 Å². The molecule has 0 bridgehead atoms. The monoisotopic (exact) mass is 529 g/mol. The maximum Gasteiger partial charge on any atom is 0.488 e. The Morgan fingerprint density at radius 2 is 1.94 bits per heavy atom. The molecular weight excluding hydrogens is 510 g/mol. The summed E-state index contributed by atoms with van der Waals surface area (Å²) >= 11 is 5.84. The number of ether oxygens (including phenoxy) is 1. The van der Waals surface area contributed by atoms with E-state index in [-0.39, 0.29) is 11.7 Å². The summed E-state index contributed by atoms with van der Waals surface area (Å²) in [6.07, 6.45) is -4.56. The van der Waals surface area contributed by atoms with Gasteiger partial charge in [-0.2, -0.15) is 4.31 Å². The van der Waals surface area contributed by atoms with Gasteiger partial charge in [0.15, 0.2) is 12.4 Å². The fourth-order valence-corrected chi connectivity index (χ4v) is 6.91. The second kappa shape index (κ2) is 9.30. The first kappa shape index (κ1) is 26.6. The van der Waals surface area contributed by atoms with Crippen molar-refractivity contribution >= 4 is 40.7 Å². The lowest BCUT2D eigenvalue weighted by atomic mass is 9.95. The third kappa shape index (κ3) is 6.67. The van der Waals surface area contributed by atoms with Crippen LogP contribution in [-0.2, 0) is 27.1 Å². The van der Waals surface area contributed by atoms with E-state index in [0.29, 0.717) is 0 Å². The van der Waals surface area contributed by atoms with E-state index in [9.17, 15) is 33.0 Å². The molecule has 0 aromatic carbocycles. The lowest BCUT2D eigenvalue weighted by Gasteiger charge is -2.33. The molecule has 14 nitrogen and oxygen atoms in total. The molecule has 6 atom stereocenters. The number of amidine groups is 1. The quantitative estimate of drug-likeness (QED) is 0.177. The number of aliphatic hydroxyl groups excluding tert-OH is 1. The topological polar surface area (TPSA) is 222 Å². The van der Waals surface area contributed by atoms with Crippen molar-refractivity contribution < 1.29 is 56.1 Å². The van der Waals surface area contributed by atoms with Crippen molar-refractivity contribution in [3.05, 3.63) is 24.7 Å². The summed E-state index contributed by atoms with van der Waals surface area (Å²) in [6.45, 7) is 3.58. The number of hydrogen-bond acceptors (Lipinski definition) is 10. The molecule has 0 radical (unpaired) electrons. The highest BCUT2D eigenvalue weighted by Crippen LogP contribution is 2.66. The first-order chi connectivity index (χ1) is 14.0. The number of aliphatic hydroxyl groups is 1. The maximum atomic E-state index is 14.8. The van der Waals surface area contributed by atoms with Gasteiger partial charge in [0.25, 0.3) is 0 Å². The molecule has 1 fully saturated rings. The van der Waals surface area contributed by atoms with Crippen molar-refractivity contribution in [1.82, 2.24) is 4.90 Å². The summed E-state index contributed by atoms with van der Waals surface area (Å²) in [5, 5.41) is 10.4. The van der Waals surface area contributed by atoms with Crippen molar-refractivity contribution in [2.45, 2.75) is 30.5 Å². The molecule has 0 aromatic heterocycles. The van der Waals surface area contributed by atoms with Crippen LogP contribution in [0.2, 0.25) is 0 Å². The Bertz CT molecular complexity index is 929. The molecule has 31 heavy (non-hydrogen) atoms. The first-order valence-corrected chi connectivity index (χ1v) is 13.5. The predicted octanol–water partition coefficient (Wildman–Crippen LogP) is 0.479. The second-order valence-electron chi connectivity index (χ2n) is 6.51. The van der Waals surface area contributed by atoms with E-state index in [4.69, 9.17) is 31.9 Å². The van der Waals surface area contributed by atoms with E-state index in [2.05, 4.69) is 20.2 Å². The highest BCUT2D eigenvalue weighted by molar-refractivity contribution is 7.68. The zero-order valence-electron chi connectivity index (χ0n) is 15.5. The highest BCUT2D eigenvalue weighted by atomic mass is 35.5. The number of aliphatic imine (C=N–C) groups is 1. The minimum Gasteiger partial charge on any atom is -0.387 e. The number of hydrogen-bond donors (Lipinski definition) is 6. The van der Waals surface area contributed by atoms with Crippen LogP contribution in [0.5, 0.6) is 0 Å². The molecular formula is C12H20ClFN3O11P3. The van der Waals surface area contributed by atoms with Crippen LogP contribution in [-0.4, -0.2) is 71.6 Å². The van der Waals surface area contributed by atoms with Crippen LogP contribution in [0.3, 0.4) is 0 Å². The van der Waals surface area contributed by atoms with E-state index in [1.54, 1.807) is 0 Å². The summed E-state index contributed by atoms with van der Waals surface area (Å²) in [6, 6.07) is 0. The normalized spacial score (nSPS) is 33.1. The molecule has 0 amide bonds. The molecule has 0 aromatic rings. The number of nitrogens with zero attached hydrogens (tertiary/aromatic N) is 2. The Hall–Kier alpha value is -0.660. The lowest BCUT2D eigenvalue weighted by Crippen LogP contribution is -2.44. The van der Waals surface area contributed by atoms with Crippen LogP contribution >= 0.6 is 34.8 Å². The minimum absolute atomic E-state index is 0.0165. The summed E-state index contributed by atoms with van der Waals surface area (Å²) in [5.41, 5.74) is 3.56. The Morgan fingerprint density at radius 3 is 2.45 bits per heavy atom. The molecule has 0 saturated carbocycles. The Kier molecular flexibility index (Phi) is 7.98. The Morgan fingerprint density at radius 1 is 1.32 bits per heavy atom. The average molecular weight is 530 g/mol. The molecule has 1 saturated heterocycles. The molecule has 2 unspecified atom stereocenters. The summed E-state index contributed by atoms with van der Waals surface area (Å²) in [5.74, 6) is -0.503. The average Bonchev–Trinajstić information content (AvgIpc) is 2.82. The largest absolute Gasteiger partial charge is 0.488 e. The zero-order valence-corrected chi connectivity index (χ0v) is 18.9. The van der Waals surface area contributed by atoms with Crippen LogP contribution < -0.4 is 5.73 Å². The molecule has 0 spiro atoms. The summed E-state index contributed by atoms with van der Waals surface area (Å²) < 4.78 is 62.0. The molecule has 7 N–H and O–H groups in total. The van der Waals surface area contributed by atoms with Gasteiger partial charge in [-0.25, -0.2) is 22.8 Å². The van der Waals surface area contributed by atoms with Crippen molar-refractivity contribution in [2.75, 3.05) is 12.0 Å². The van der Waals surface area contributed by atoms with Crippen molar-refractivity contribution in [3.63, 3.8) is 0 Å². The fourth-order valence-electron chi connectivity index (χ4n) is 2.82. The van der Waals surface area contributed by atoms with Gasteiger partial charge in [0, 0.05) is 6.20 Å². The molecule has 2 heterocycles. The van der Waals surface area contributed by atoms with E-state index < -0.39 is 65.8 Å². The Balaban J connectivity index is 2.14. The third-order valence-electron chi connectivity index (χ3n) is 4.19. The lowest BCUT2D eigenvalue weighted by molar-refractivity contribution is -0.100. The predicted molar refractivity (Wildman–Crippen MR) is 104 cm³/mol. The van der Waals surface area contributed by atoms with Gasteiger partial charge in [-0.1, -0.05) is 6.58 Å². The Labute approximate surface area is 180 Å². The van der Waals surface area contributed by atoms with Crippen LogP contribution in [0.25, 0.3) is 0 Å². The van der Waals surface area contributed by atoms with E-state index >= 15 is 0 Å². The molecule has 2 rings (SSSR count). The van der Waals surface area contributed by atoms with Gasteiger partial charge in [-0.05, 0) is 12.5 Å². The summed E-state index contributed by atoms with van der Waals surface area (Å²) in [7, 11) is -16.2. The zero-order chi connectivity index (χ0) is 23.8. The second-order valence-corrected chi connectivity index (χ2v) is 11.7. The smallest absolute Gasteiger partial charge is 0.387 e. The minimum atomic E-state index is -5.65. The van der Waals surface area contributed by atoms with Crippen molar-refractivity contribution in [3.8, 4) is 0 Å². The van der Waals surface area contributed by atoms with Crippen LogP contribution in [0.4, 0.5) is 4.39 Å². The van der Waals surface area contributed by atoms with Crippen LogP contribution in [0.15, 0.2) is 29.7 Å². The fraction of sp³-hybridized carbons (Fsp3) is 0.583. The highest BCUT2D eigenvalue weighted by Gasteiger charge is 2.57. The molecule has 178 valence electrons. The maximum absolute atomic E-state index is 14.8. The van der Waals surface area contributed by atoms with Gasteiger partial charge in [0.2, 0.25) is 0 Å². The molecule has 19 heteroatoms. The van der Waals surface area contributed by atoms with E-state index in [1.165, 1.54) is 12.3 Å². The van der Waals surface area contributed by atoms with Gasteiger partial charge in [0.05, 0.1) is 12.0 Å². The molecule has 2 aliphatic heterocycles. The van der Waals surface area contributed by atoms with Gasteiger partial charge in [0.1, 0.15) is 23.4 Å². The number of rotatable bonds is 9. The third-order valence-corrected chi connectivity index (χ3v) is 8.95. The van der Waals surface area contributed by atoms with Gasteiger partial charge < -0.3 is 40.1 Å². The summed E-state index contributed by atoms with van der Waals surface area (Å²) in [4.78, 5) is 41.0. The molecule has 2 aliphatic rings. The molecule has 0 aliphatic carbocycles. The van der Waals surface area contributed by atoms with E-state index in [0.717, 1.165) is 4.90 Å². The van der Waals surface area contributed by atoms with Crippen molar-refractivity contribution in [2.24, 2.45) is 10.7 Å². The van der Waals surface area contributed by atoms with Crippen molar-refractivity contribution in [1.29, 1.82) is 0 Å². The van der Waals surface area contributed by atoms with Gasteiger partial charge in [-0.3, -0.25) is 4.57 Å². The van der Waals surface area contributed by atoms with E-state index in [1.807, 2.05) is 0 Å². The number of halogens is 2. The van der Waals surface area contributed by atoms with Gasteiger partial charge >= 0.3 is 23.2 Å². The SMILES string of the molecule is C=C1N=C(N)C=CN1[C@@H]1O[C@](CCl)(CCP(=O)(O)OP(=O)(O)OP(=O)(O)O)[C@@H](O)[C@H]1F. The number of phosphoric acid groups is 2. The standard InChI is InChI=1S/C12H20ClFN3O11P3/c1-7-16-8(15)2-4-17(7)11-9(14)10(18)12(6-13,26-11)3-5-29(19,20)27-31(24,25)28-30(21,22)23/h2,4,9-11,18H,1,3,5-6H2,(H2,15,16)(H,19,20)(H,24,25)(H2,21,22,23)/t9-,10+,11-,12+/m1/s1.